The van der Waals surface area contributed by atoms with Crippen LogP contribution in [-0.4, -0.2) is 36.9 Å². The molecular weight excluding hydrogens is 354 g/mol. The number of sulfonamides is 1. The van der Waals surface area contributed by atoms with Gasteiger partial charge in [0.1, 0.15) is 0 Å². The molecule has 0 aliphatic carbocycles. The Kier molecular flexibility index (Phi) is 5.63. The van der Waals surface area contributed by atoms with Gasteiger partial charge in [-0.3, -0.25) is 4.79 Å². The van der Waals surface area contributed by atoms with Crippen molar-refractivity contribution in [3.63, 3.8) is 0 Å². The lowest BCUT2D eigenvalue weighted by molar-refractivity contribution is 0.0988. The number of aryl methyl sites for hydroxylation is 1. The van der Waals surface area contributed by atoms with Gasteiger partial charge in [0.15, 0.2) is 0 Å². The number of benzene rings is 1. The molecule has 24 heavy (non-hydrogen) atoms. The number of halogens is 1. The van der Waals surface area contributed by atoms with E-state index in [1.165, 1.54) is 28.6 Å². The van der Waals surface area contributed by atoms with Crippen molar-refractivity contribution in [3.05, 3.63) is 40.7 Å². The first-order valence-corrected chi connectivity index (χ1v) is 9.15. The zero-order chi connectivity index (χ0) is 17.9. The van der Waals surface area contributed by atoms with Crippen molar-refractivity contribution < 1.29 is 17.7 Å². The number of carbonyl (C=O) groups is 1. The number of hydrogen-bond acceptors (Lipinski definition) is 5. The molecule has 0 saturated carbocycles. The molecule has 2 rings (SSSR count). The van der Waals surface area contributed by atoms with E-state index in [1.807, 2.05) is 0 Å². The SMILES string of the molecule is CCN(CC)S(=O)(=O)c1ccc(Cl)c(NC(=O)c2cc(C)no2)c1. The monoisotopic (exact) mass is 371 g/mol. The van der Waals surface area contributed by atoms with Gasteiger partial charge >= 0.3 is 0 Å². The number of anilines is 1. The molecule has 9 heteroatoms. The van der Waals surface area contributed by atoms with Crippen LogP contribution in [-0.2, 0) is 10.0 Å². The number of hydrogen-bond donors (Lipinski definition) is 1. The number of carbonyl (C=O) groups excluding carboxylic acids is 1. The molecule has 1 heterocycles. The van der Waals surface area contributed by atoms with Gasteiger partial charge in [-0.05, 0) is 25.1 Å². The number of amides is 1. The molecule has 1 aromatic heterocycles. The van der Waals surface area contributed by atoms with Crippen molar-refractivity contribution in [1.82, 2.24) is 9.46 Å². The van der Waals surface area contributed by atoms with Gasteiger partial charge in [-0.15, -0.1) is 0 Å². The molecule has 0 bridgehead atoms. The maximum atomic E-state index is 12.6. The lowest BCUT2D eigenvalue weighted by Crippen LogP contribution is -2.30. The zero-order valence-electron chi connectivity index (χ0n) is 13.5. The van der Waals surface area contributed by atoms with Crippen LogP contribution >= 0.6 is 11.6 Å². The van der Waals surface area contributed by atoms with Crippen LogP contribution in [0.25, 0.3) is 0 Å². The Hall–Kier alpha value is -1.90. The molecule has 0 atom stereocenters. The molecule has 1 amide bonds. The van der Waals surface area contributed by atoms with Gasteiger partial charge in [0.05, 0.1) is 21.3 Å². The maximum Gasteiger partial charge on any atom is 0.294 e. The van der Waals surface area contributed by atoms with Crippen LogP contribution in [0.1, 0.15) is 30.1 Å². The lowest BCUT2D eigenvalue weighted by Gasteiger charge is -2.19. The second-order valence-electron chi connectivity index (χ2n) is 5.02. The van der Waals surface area contributed by atoms with Crippen molar-refractivity contribution in [2.24, 2.45) is 0 Å². The summed E-state index contributed by atoms with van der Waals surface area (Å²) >= 11 is 6.06. The normalized spacial score (nSPS) is 11.7. The zero-order valence-corrected chi connectivity index (χ0v) is 15.1. The summed E-state index contributed by atoms with van der Waals surface area (Å²) in [5.41, 5.74) is 0.744. The third kappa shape index (κ3) is 3.77. The average Bonchev–Trinajstić information content (AvgIpc) is 2.97. The highest BCUT2D eigenvalue weighted by molar-refractivity contribution is 7.89. The second-order valence-corrected chi connectivity index (χ2v) is 7.36. The summed E-state index contributed by atoms with van der Waals surface area (Å²) in [6.45, 7) is 5.89. The van der Waals surface area contributed by atoms with Gasteiger partial charge in [0.25, 0.3) is 5.91 Å². The van der Waals surface area contributed by atoms with Crippen molar-refractivity contribution in [2.45, 2.75) is 25.7 Å². The van der Waals surface area contributed by atoms with E-state index in [0.29, 0.717) is 18.8 Å². The van der Waals surface area contributed by atoms with E-state index in [0.717, 1.165) is 0 Å². The van der Waals surface area contributed by atoms with Crippen molar-refractivity contribution >= 4 is 33.2 Å². The summed E-state index contributed by atoms with van der Waals surface area (Å²) in [6, 6.07) is 5.64. The van der Waals surface area contributed by atoms with E-state index in [2.05, 4.69) is 10.5 Å². The largest absolute Gasteiger partial charge is 0.351 e. The Labute approximate surface area is 145 Å². The first-order valence-electron chi connectivity index (χ1n) is 7.34. The van der Waals surface area contributed by atoms with Crippen LogP contribution in [0.4, 0.5) is 5.69 Å². The van der Waals surface area contributed by atoms with E-state index in [-0.39, 0.29) is 21.4 Å². The number of nitrogens with one attached hydrogen (secondary N) is 1. The molecule has 1 aromatic carbocycles. The van der Waals surface area contributed by atoms with E-state index < -0.39 is 15.9 Å². The molecule has 130 valence electrons. The van der Waals surface area contributed by atoms with Gasteiger partial charge in [0, 0.05) is 19.2 Å². The fourth-order valence-corrected chi connectivity index (χ4v) is 3.78. The smallest absolute Gasteiger partial charge is 0.294 e. The fourth-order valence-electron chi connectivity index (χ4n) is 2.13. The molecule has 7 nitrogen and oxygen atoms in total. The highest BCUT2D eigenvalue weighted by Crippen LogP contribution is 2.27. The minimum absolute atomic E-state index is 0.0144. The van der Waals surface area contributed by atoms with Gasteiger partial charge in [0.2, 0.25) is 15.8 Å². The highest BCUT2D eigenvalue weighted by Gasteiger charge is 2.23. The third-order valence-corrected chi connectivity index (χ3v) is 5.76. The van der Waals surface area contributed by atoms with Gasteiger partial charge in [-0.1, -0.05) is 30.6 Å². The second kappa shape index (κ2) is 7.33. The van der Waals surface area contributed by atoms with Gasteiger partial charge in [-0.2, -0.15) is 4.31 Å². The van der Waals surface area contributed by atoms with Crippen molar-refractivity contribution in [2.75, 3.05) is 18.4 Å². The van der Waals surface area contributed by atoms with Gasteiger partial charge in [-0.25, -0.2) is 8.42 Å². The Morgan fingerprint density at radius 3 is 2.50 bits per heavy atom. The Balaban J connectivity index is 2.34. The molecule has 0 aliphatic heterocycles. The summed E-state index contributed by atoms with van der Waals surface area (Å²) in [5, 5.41) is 6.39. The van der Waals surface area contributed by atoms with E-state index >= 15 is 0 Å². The average molecular weight is 372 g/mol. The standard InChI is InChI=1S/C15H18ClN3O4S/c1-4-19(5-2)24(21,22)11-6-7-12(16)13(9-11)17-15(20)14-8-10(3)18-23-14/h6-9H,4-5H2,1-3H3,(H,17,20). The van der Waals surface area contributed by atoms with Crippen LogP contribution in [0.5, 0.6) is 0 Å². The van der Waals surface area contributed by atoms with Crippen LogP contribution in [0.2, 0.25) is 5.02 Å². The van der Waals surface area contributed by atoms with E-state index in [1.54, 1.807) is 20.8 Å². The molecule has 0 radical (unpaired) electrons. The summed E-state index contributed by atoms with van der Waals surface area (Å²) in [5.74, 6) is -0.546. The van der Waals surface area contributed by atoms with Gasteiger partial charge < -0.3 is 9.84 Å². The van der Waals surface area contributed by atoms with Crippen molar-refractivity contribution in [3.8, 4) is 0 Å². The minimum atomic E-state index is -3.65. The number of nitrogens with zero attached hydrogens (tertiary/aromatic N) is 2. The number of aromatic nitrogens is 1. The summed E-state index contributed by atoms with van der Waals surface area (Å²) in [6.07, 6.45) is 0. The molecule has 0 spiro atoms. The third-order valence-electron chi connectivity index (χ3n) is 3.38. The Bertz CT molecular complexity index is 844. The highest BCUT2D eigenvalue weighted by atomic mass is 35.5. The predicted molar refractivity (Wildman–Crippen MR) is 90.8 cm³/mol. The molecule has 0 unspecified atom stereocenters. The molecule has 1 N–H and O–H groups in total. The minimum Gasteiger partial charge on any atom is -0.351 e. The van der Waals surface area contributed by atoms with Crippen LogP contribution in [0, 0.1) is 6.92 Å². The Morgan fingerprint density at radius 1 is 1.29 bits per heavy atom. The van der Waals surface area contributed by atoms with Crippen LogP contribution < -0.4 is 5.32 Å². The molecule has 0 fully saturated rings. The summed E-state index contributed by atoms with van der Waals surface area (Å²) in [7, 11) is -3.65. The van der Waals surface area contributed by atoms with E-state index in [9.17, 15) is 13.2 Å². The molecule has 0 saturated heterocycles. The summed E-state index contributed by atoms with van der Waals surface area (Å²) < 4.78 is 31.3. The van der Waals surface area contributed by atoms with Crippen molar-refractivity contribution in [1.29, 1.82) is 0 Å². The number of rotatable bonds is 6. The molecular formula is C15H18ClN3O4S. The first kappa shape index (κ1) is 18.4. The fraction of sp³-hybridized carbons (Fsp3) is 0.333. The molecule has 0 aliphatic rings. The lowest BCUT2D eigenvalue weighted by atomic mass is 10.3. The van der Waals surface area contributed by atoms with Crippen LogP contribution in [0.3, 0.4) is 0 Å². The topological polar surface area (TPSA) is 92.5 Å². The first-order chi connectivity index (χ1) is 11.3. The molecule has 2 aromatic rings. The summed E-state index contributed by atoms with van der Waals surface area (Å²) in [4.78, 5) is 12.2. The predicted octanol–water partition coefficient (Wildman–Crippen LogP) is 2.92. The maximum absolute atomic E-state index is 12.6. The quantitative estimate of drug-likeness (QED) is 0.842. The van der Waals surface area contributed by atoms with E-state index in [4.69, 9.17) is 16.1 Å². The van der Waals surface area contributed by atoms with Crippen LogP contribution in [0.15, 0.2) is 33.7 Å². The Morgan fingerprint density at radius 2 is 1.96 bits per heavy atom.